The zero-order valence-electron chi connectivity index (χ0n) is 14.3. The van der Waals surface area contributed by atoms with Crippen molar-refractivity contribution in [3.63, 3.8) is 0 Å². The first kappa shape index (κ1) is 17.8. The number of alkyl halides is 1. The maximum absolute atomic E-state index is 13.5. The Morgan fingerprint density at radius 3 is 2.58 bits per heavy atom. The van der Waals surface area contributed by atoms with Gasteiger partial charge in [0, 0.05) is 44.9 Å². The minimum atomic E-state index is -3.54. The molecule has 0 amide bonds. The summed E-state index contributed by atoms with van der Waals surface area (Å²) in [6.45, 7) is -0.140. The molecular formula is C15H26FN5O2S. The van der Waals surface area contributed by atoms with Crippen LogP contribution >= 0.6 is 0 Å². The molecular weight excluding hydrogens is 333 g/mol. The second-order valence-electron chi connectivity index (χ2n) is 7.04. The number of nitrogens with one attached hydrogen (secondary N) is 1. The zero-order chi connectivity index (χ0) is 17.3. The number of hydrogen-bond donors (Lipinski definition) is 1. The Labute approximate surface area is 142 Å². The molecule has 24 heavy (non-hydrogen) atoms. The van der Waals surface area contributed by atoms with Crippen molar-refractivity contribution in [1.29, 1.82) is 0 Å². The number of rotatable bonds is 5. The van der Waals surface area contributed by atoms with Crippen molar-refractivity contribution in [2.45, 2.75) is 43.9 Å². The van der Waals surface area contributed by atoms with E-state index in [0.29, 0.717) is 11.7 Å². The molecule has 1 aromatic rings. The van der Waals surface area contributed by atoms with Crippen LogP contribution in [0.1, 0.15) is 55.6 Å². The van der Waals surface area contributed by atoms with Gasteiger partial charge in [0.05, 0.1) is 6.67 Å². The molecule has 9 heteroatoms. The highest BCUT2D eigenvalue weighted by Gasteiger charge is 2.42. The summed E-state index contributed by atoms with van der Waals surface area (Å²) in [7, 11) is -0.559. The predicted molar refractivity (Wildman–Crippen MR) is 88.6 cm³/mol. The Bertz CT molecular complexity index is 657. The lowest BCUT2D eigenvalue weighted by Crippen LogP contribution is -2.38. The van der Waals surface area contributed by atoms with Crippen LogP contribution in [0.5, 0.6) is 0 Å². The molecule has 2 heterocycles. The molecule has 1 saturated carbocycles. The minimum Gasteiger partial charge on any atom is -0.263 e. The van der Waals surface area contributed by atoms with Gasteiger partial charge in [0.1, 0.15) is 5.82 Å². The van der Waals surface area contributed by atoms with Crippen LogP contribution in [0.3, 0.4) is 0 Å². The average molecular weight is 359 g/mol. The zero-order valence-corrected chi connectivity index (χ0v) is 15.1. The Balaban J connectivity index is 1.77. The molecule has 2 fully saturated rings. The third kappa shape index (κ3) is 3.34. The molecule has 1 saturated heterocycles. The molecule has 0 bridgehead atoms. The van der Waals surface area contributed by atoms with Crippen molar-refractivity contribution in [3.05, 3.63) is 11.6 Å². The van der Waals surface area contributed by atoms with Crippen LogP contribution in [0.2, 0.25) is 0 Å². The molecule has 1 aromatic heterocycles. The van der Waals surface area contributed by atoms with E-state index < -0.39 is 16.9 Å². The van der Waals surface area contributed by atoms with Gasteiger partial charge in [-0.25, -0.2) is 4.98 Å². The van der Waals surface area contributed by atoms with Crippen LogP contribution < -0.4 is 0 Å². The van der Waals surface area contributed by atoms with Crippen LogP contribution in [-0.4, -0.2) is 66.1 Å². The average Bonchev–Trinajstić information content (AvgIpc) is 3.22. The van der Waals surface area contributed by atoms with E-state index in [2.05, 4.69) is 15.2 Å². The van der Waals surface area contributed by atoms with Crippen molar-refractivity contribution in [1.82, 2.24) is 23.8 Å². The summed E-state index contributed by atoms with van der Waals surface area (Å²) in [5, 5.41) is 7.29. The van der Waals surface area contributed by atoms with E-state index >= 15 is 0 Å². The lowest BCUT2D eigenvalue weighted by molar-refractivity contribution is 0.342. The molecule has 0 aromatic carbocycles. The molecule has 136 valence electrons. The van der Waals surface area contributed by atoms with Gasteiger partial charge in [-0.1, -0.05) is 19.3 Å². The highest BCUT2D eigenvalue weighted by Crippen LogP contribution is 2.35. The summed E-state index contributed by atoms with van der Waals surface area (Å²) in [6.07, 6.45) is 5.84. The molecule has 3 rings (SSSR count). The molecule has 2 aliphatic rings. The largest absolute Gasteiger partial charge is 0.281 e. The first-order chi connectivity index (χ1) is 11.4. The quantitative estimate of drug-likeness (QED) is 0.866. The van der Waals surface area contributed by atoms with Crippen LogP contribution in [0.25, 0.3) is 0 Å². The predicted octanol–water partition coefficient (Wildman–Crippen LogP) is 1.64. The highest BCUT2D eigenvalue weighted by molar-refractivity contribution is 7.86. The van der Waals surface area contributed by atoms with Gasteiger partial charge >= 0.3 is 0 Å². The lowest BCUT2D eigenvalue weighted by Gasteiger charge is -2.20. The monoisotopic (exact) mass is 359 g/mol. The Morgan fingerprint density at radius 2 is 1.96 bits per heavy atom. The second-order valence-corrected chi connectivity index (χ2v) is 9.18. The number of hydrogen-bond acceptors (Lipinski definition) is 4. The lowest BCUT2D eigenvalue weighted by atomic mass is 9.89. The van der Waals surface area contributed by atoms with E-state index in [1.807, 2.05) is 0 Å². The van der Waals surface area contributed by atoms with Gasteiger partial charge in [0.25, 0.3) is 10.2 Å². The molecule has 1 aliphatic heterocycles. The summed E-state index contributed by atoms with van der Waals surface area (Å²) < 4.78 is 40.6. The minimum absolute atomic E-state index is 0.182. The normalized spacial score (nSPS) is 27.2. The molecule has 2 unspecified atom stereocenters. The fraction of sp³-hybridized carbons (Fsp3) is 0.867. The summed E-state index contributed by atoms with van der Waals surface area (Å²) >= 11 is 0. The fourth-order valence-electron chi connectivity index (χ4n) is 3.71. The Kier molecular flexibility index (Phi) is 5.22. The third-order valence-electron chi connectivity index (χ3n) is 5.23. The molecule has 0 spiro atoms. The SMILES string of the molecule is CN(C)S(=O)(=O)N1CC(CF)C(c2nc(C3CCCCC3)n[nH]2)C1. The van der Waals surface area contributed by atoms with Crippen molar-refractivity contribution in [2.24, 2.45) is 5.92 Å². The number of aromatic nitrogens is 3. The van der Waals surface area contributed by atoms with Crippen molar-refractivity contribution < 1.29 is 12.8 Å². The van der Waals surface area contributed by atoms with Crippen molar-refractivity contribution in [2.75, 3.05) is 33.9 Å². The Morgan fingerprint density at radius 1 is 1.25 bits per heavy atom. The summed E-state index contributed by atoms with van der Waals surface area (Å²) in [5.41, 5.74) is 0. The molecule has 2 atom stereocenters. The van der Waals surface area contributed by atoms with Crippen LogP contribution in [0, 0.1) is 5.92 Å². The van der Waals surface area contributed by atoms with Crippen molar-refractivity contribution >= 4 is 10.2 Å². The number of nitrogens with zero attached hydrogens (tertiary/aromatic N) is 4. The Hall–Kier alpha value is -1.06. The third-order valence-corrected chi connectivity index (χ3v) is 7.11. The maximum Gasteiger partial charge on any atom is 0.281 e. The van der Waals surface area contributed by atoms with Gasteiger partial charge in [-0.3, -0.25) is 9.49 Å². The molecule has 1 aliphatic carbocycles. The summed E-state index contributed by atoms with van der Waals surface area (Å²) in [5.74, 6) is 1.14. The second kappa shape index (κ2) is 7.05. The van der Waals surface area contributed by atoms with E-state index in [9.17, 15) is 12.8 Å². The first-order valence-electron chi connectivity index (χ1n) is 8.59. The van der Waals surface area contributed by atoms with Gasteiger partial charge < -0.3 is 0 Å². The fourth-order valence-corrected chi connectivity index (χ4v) is 4.91. The number of aromatic amines is 1. The summed E-state index contributed by atoms with van der Waals surface area (Å²) in [6, 6.07) is 0. The standard InChI is InChI=1S/C15H26FN5O2S/c1-20(2)24(22,23)21-9-12(8-16)13(10-21)15-17-14(18-19-15)11-6-4-3-5-7-11/h11-13H,3-10H2,1-2H3,(H,17,18,19). The van der Waals surface area contributed by atoms with Gasteiger partial charge in [-0.2, -0.15) is 22.1 Å². The topological polar surface area (TPSA) is 82.2 Å². The number of halogens is 1. The van der Waals surface area contributed by atoms with E-state index in [-0.39, 0.29) is 24.9 Å². The smallest absolute Gasteiger partial charge is 0.263 e. The van der Waals surface area contributed by atoms with Gasteiger partial charge in [-0.05, 0) is 12.8 Å². The van der Waals surface area contributed by atoms with E-state index in [0.717, 1.165) is 18.7 Å². The van der Waals surface area contributed by atoms with E-state index in [1.54, 1.807) is 0 Å². The molecule has 7 nitrogen and oxygen atoms in total. The van der Waals surface area contributed by atoms with Crippen LogP contribution in [-0.2, 0) is 10.2 Å². The van der Waals surface area contributed by atoms with Crippen LogP contribution in [0.4, 0.5) is 4.39 Å². The summed E-state index contributed by atoms with van der Waals surface area (Å²) in [4.78, 5) is 4.61. The van der Waals surface area contributed by atoms with Gasteiger partial charge in [0.15, 0.2) is 5.82 Å². The molecule has 0 radical (unpaired) electrons. The highest BCUT2D eigenvalue weighted by atomic mass is 32.2. The van der Waals surface area contributed by atoms with Gasteiger partial charge in [-0.15, -0.1) is 0 Å². The first-order valence-corrected chi connectivity index (χ1v) is 9.99. The maximum atomic E-state index is 13.5. The van der Waals surface area contributed by atoms with E-state index in [1.165, 1.54) is 42.0 Å². The van der Waals surface area contributed by atoms with Crippen LogP contribution in [0.15, 0.2) is 0 Å². The molecule has 1 N–H and O–H groups in total. The number of H-pyrrole nitrogens is 1. The van der Waals surface area contributed by atoms with E-state index in [4.69, 9.17) is 0 Å². The van der Waals surface area contributed by atoms with Crippen molar-refractivity contribution in [3.8, 4) is 0 Å². The van der Waals surface area contributed by atoms with Gasteiger partial charge in [0.2, 0.25) is 0 Å².